The minimum absolute atomic E-state index is 0.00468. The van der Waals surface area contributed by atoms with Crippen LogP contribution in [0, 0.1) is 13.8 Å². The number of aryl methyl sites for hydroxylation is 2. The standard InChI is InChI=1S/C30H35BrN2O3/c1-5-23(4)32-30(35)27(18-24-10-7-6-8-11-24)33(19-25-12-9-13-26(31)17-25)29(34)20-36-28-15-14-21(2)16-22(28)3/h6-17,23,27H,5,18-20H2,1-4H3,(H,32,35)/t23-,27-/m0/s1. The molecule has 0 unspecified atom stereocenters. The fourth-order valence-electron chi connectivity index (χ4n) is 4.01. The quantitative estimate of drug-likeness (QED) is 0.318. The van der Waals surface area contributed by atoms with E-state index in [1.54, 1.807) is 4.90 Å². The average Bonchev–Trinajstić information content (AvgIpc) is 2.86. The van der Waals surface area contributed by atoms with E-state index in [0.717, 1.165) is 33.1 Å². The van der Waals surface area contributed by atoms with Crippen molar-refractivity contribution >= 4 is 27.7 Å². The molecule has 3 aromatic rings. The molecule has 2 amide bonds. The molecule has 3 aromatic carbocycles. The lowest BCUT2D eigenvalue weighted by Crippen LogP contribution is -2.53. The number of halogens is 1. The van der Waals surface area contributed by atoms with Gasteiger partial charge in [-0.05, 0) is 62.1 Å². The Morgan fingerprint density at radius 1 is 0.972 bits per heavy atom. The van der Waals surface area contributed by atoms with Crippen molar-refractivity contribution in [2.24, 2.45) is 0 Å². The van der Waals surface area contributed by atoms with E-state index in [9.17, 15) is 9.59 Å². The molecule has 190 valence electrons. The molecule has 0 aliphatic carbocycles. The van der Waals surface area contributed by atoms with E-state index in [-0.39, 0.29) is 24.5 Å². The number of rotatable bonds is 11. The molecule has 36 heavy (non-hydrogen) atoms. The van der Waals surface area contributed by atoms with E-state index >= 15 is 0 Å². The van der Waals surface area contributed by atoms with E-state index in [4.69, 9.17) is 4.74 Å². The van der Waals surface area contributed by atoms with Gasteiger partial charge in [0, 0.05) is 23.5 Å². The largest absolute Gasteiger partial charge is 0.483 e. The van der Waals surface area contributed by atoms with Crippen molar-refractivity contribution < 1.29 is 14.3 Å². The second-order valence-corrected chi connectivity index (χ2v) is 10.1. The third-order valence-corrected chi connectivity index (χ3v) is 6.69. The van der Waals surface area contributed by atoms with Gasteiger partial charge in [0.25, 0.3) is 5.91 Å². The molecule has 0 aliphatic heterocycles. The molecule has 0 saturated carbocycles. The second kappa shape index (κ2) is 13.3. The third-order valence-electron chi connectivity index (χ3n) is 6.20. The minimum Gasteiger partial charge on any atom is -0.483 e. The van der Waals surface area contributed by atoms with Crippen LogP contribution < -0.4 is 10.1 Å². The van der Waals surface area contributed by atoms with Gasteiger partial charge in [-0.15, -0.1) is 0 Å². The molecule has 5 nitrogen and oxygen atoms in total. The van der Waals surface area contributed by atoms with Crippen molar-refractivity contribution in [2.75, 3.05) is 6.61 Å². The Morgan fingerprint density at radius 2 is 1.69 bits per heavy atom. The predicted octanol–water partition coefficient (Wildman–Crippen LogP) is 6.00. The van der Waals surface area contributed by atoms with E-state index < -0.39 is 6.04 Å². The lowest BCUT2D eigenvalue weighted by Gasteiger charge is -2.32. The van der Waals surface area contributed by atoms with Crippen LogP contribution in [0.1, 0.15) is 42.5 Å². The van der Waals surface area contributed by atoms with Gasteiger partial charge in [0.15, 0.2) is 6.61 Å². The van der Waals surface area contributed by atoms with Crippen molar-refractivity contribution in [3.8, 4) is 5.75 Å². The Labute approximate surface area is 223 Å². The Bertz CT molecular complexity index is 1170. The smallest absolute Gasteiger partial charge is 0.261 e. The lowest BCUT2D eigenvalue weighted by atomic mass is 10.0. The maximum Gasteiger partial charge on any atom is 0.261 e. The number of hydrogen-bond acceptors (Lipinski definition) is 3. The first-order valence-electron chi connectivity index (χ1n) is 12.3. The molecular formula is C30H35BrN2O3. The highest BCUT2D eigenvalue weighted by Gasteiger charge is 2.31. The molecule has 0 radical (unpaired) electrons. The first-order valence-corrected chi connectivity index (χ1v) is 13.1. The van der Waals surface area contributed by atoms with Crippen LogP contribution >= 0.6 is 15.9 Å². The van der Waals surface area contributed by atoms with Gasteiger partial charge in [-0.1, -0.05) is 83.0 Å². The highest BCUT2D eigenvalue weighted by molar-refractivity contribution is 9.10. The Morgan fingerprint density at radius 3 is 2.36 bits per heavy atom. The maximum absolute atomic E-state index is 13.7. The monoisotopic (exact) mass is 550 g/mol. The molecule has 0 aliphatic rings. The third kappa shape index (κ3) is 7.95. The molecule has 0 saturated heterocycles. The number of nitrogens with one attached hydrogen (secondary N) is 1. The Kier molecular flexibility index (Phi) is 10.1. The number of carbonyl (C=O) groups excluding carboxylic acids is 2. The number of benzene rings is 3. The zero-order valence-corrected chi connectivity index (χ0v) is 23.0. The molecule has 0 spiro atoms. The molecule has 3 rings (SSSR count). The van der Waals surface area contributed by atoms with Gasteiger partial charge in [0.2, 0.25) is 5.91 Å². The van der Waals surface area contributed by atoms with Gasteiger partial charge in [-0.2, -0.15) is 0 Å². The van der Waals surface area contributed by atoms with Gasteiger partial charge in [-0.3, -0.25) is 9.59 Å². The van der Waals surface area contributed by atoms with Crippen LogP contribution in [0.2, 0.25) is 0 Å². The fraction of sp³-hybridized carbons (Fsp3) is 0.333. The molecule has 0 bridgehead atoms. The van der Waals surface area contributed by atoms with Gasteiger partial charge >= 0.3 is 0 Å². The van der Waals surface area contributed by atoms with E-state index in [0.29, 0.717) is 18.7 Å². The minimum atomic E-state index is -0.685. The summed E-state index contributed by atoms with van der Waals surface area (Å²) in [6.45, 7) is 8.12. The lowest BCUT2D eigenvalue weighted by molar-refractivity contribution is -0.143. The summed E-state index contributed by atoms with van der Waals surface area (Å²) in [6, 6.07) is 22.8. The number of carbonyl (C=O) groups is 2. The maximum atomic E-state index is 13.7. The summed E-state index contributed by atoms with van der Waals surface area (Å²) in [6.07, 6.45) is 1.21. The summed E-state index contributed by atoms with van der Waals surface area (Å²) in [5, 5.41) is 3.09. The van der Waals surface area contributed by atoms with E-state index in [1.165, 1.54) is 0 Å². The van der Waals surface area contributed by atoms with E-state index in [1.807, 2.05) is 100 Å². The van der Waals surface area contributed by atoms with Crippen LogP contribution in [-0.2, 0) is 22.6 Å². The predicted molar refractivity (Wildman–Crippen MR) is 148 cm³/mol. The number of nitrogens with zero attached hydrogens (tertiary/aromatic N) is 1. The van der Waals surface area contributed by atoms with Crippen LogP contribution in [0.15, 0.2) is 77.3 Å². The highest BCUT2D eigenvalue weighted by Crippen LogP contribution is 2.21. The molecule has 2 atom stereocenters. The van der Waals surface area contributed by atoms with Gasteiger partial charge in [-0.25, -0.2) is 0 Å². The van der Waals surface area contributed by atoms with Crippen LogP contribution in [0.5, 0.6) is 5.75 Å². The zero-order chi connectivity index (χ0) is 26.1. The summed E-state index contributed by atoms with van der Waals surface area (Å²) in [7, 11) is 0. The topological polar surface area (TPSA) is 58.6 Å². The molecule has 0 heterocycles. The Hall–Kier alpha value is -3.12. The SMILES string of the molecule is CC[C@H](C)NC(=O)[C@H](Cc1ccccc1)N(Cc1cccc(Br)c1)C(=O)COc1ccc(C)cc1C. The van der Waals surface area contributed by atoms with Crippen LogP contribution in [0.25, 0.3) is 0 Å². The number of hydrogen-bond donors (Lipinski definition) is 1. The van der Waals surface area contributed by atoms with Crippen LogP contribution in [0.4, 0.5) is 0 Å². The van der Waals surface area contributed by atoms with Gasteiger partial charge in [0.05, 0.1) is 0 Å². The van der Waals surface area contributed by atoms with Crippen LogP contribution in [-0.4, -0.2) is 35.4 Å². The molecule has 1 N–H and O–H groups in total. The summed E-state index contributed by atoms with van der Waals surface area (Å²) in [5.74, 6) is 0.262. The molecule has 6 heteroatoms. The van der Waals surface area contributed by atoms with Crippen molar-refractivity contribution in [1.82, 2.24) is 10.2 Å². The summed E-state index contributed by atoms with van der Waals surface area (Å²) < 4.78 is 6.87. The normalized spacial score (nSPS) is 12.5. The highest BCUT2D eigenvalue weighted by atomic mass is 79.9. The summed E-state index contributed by atoms with van der Waals surface area (Å²) in [4.78, 5) is 28.9. The van der Waals surface area contributed by atoms with Crippen molar-refractivity contribution in [1.29, 1.82) is 0 Å². The van der Waals surface area contributed by atoms with Crippen molar-refractivity contribution in [2.45, 2.75) is 59.2 Å². The second-order valence-electron chi connectivity index (χ2n) is 9.23. The first kappa shape index (κ1) is 27.5. The van der Waals surface area contributed by atoms with E-state index in [2.05, 4.69) is 21.2 Å². The average molecular weight is 552 g/mol. The first-order chi connectivity index (χ1) is 17.3. The Balaban J connectivity index is 1.92. The van der Waals surface area contributed by atoms with Crippen LogP contribution in [0.3, 0.4) is 0 Å². The molecule has 0 fully saturated rings. The summed E-state index contributed by atoms with van der Waals surface area (Å²) in [5.41, 5.74) is 4.02. The summed E-state index contributed by atoms with van der Waals surface area (Å²) >= 11 is 3.52. The van der Waals surface area contributed by atoms with Gasteiger partial charge in [0.1, 0.15) is 11.8 Å². The fourth-order valence-corrected chi connectivity index (χ4v) is 4.46. The zero-order valence-electron chi connectivity index (χ0n) is 21.5. The number of ether oxygens (including phenoxy) is 1. The molecular weight excluding hydrogens is 516 g/mol. The molecule has 0 aromatic heterocycles. The van der Waals surface area contributed by atoms with Crippen molar-refractivity contribution in [3.63, 3.8) is 0 Å². The van der Waals surface area contributed by atoms with Crippen molar-refractivity contribution in [3.05, 3.63) is 99.5 Å². The van der Waals surface area contributed by atoms with Gasteiger partial charge < -0.3 is 15.0 Å². The number of amides is 2.